The van der Waals surface area contributed by atoms with E-state index in [9.17, 15) is 13.2 Å². The molecule has 4 rings (SSSR count). The Bertz CT molecular complexity index is 1520. The smallest absolute Gasteiger partial charge is 0.275 e. The average Bonchev–Trinajstić information content (AvgIpc) is 3.10. The molecule has 174 valence electrons. The highest BCUT2D eigenvalue weighted by atomic mass is 32.2. The number of aromatic nitrogens is 1. The van der Waals surface area contributed by atoms with Gasteiger partial charge in [-0.05, 0) is 67.1 Å². The van der Waals surface area contributed by atoms with Crippen molar-refractivity contribution in [3.63, 3.8) is 0 Å². The SMILES string of the molecule is COc1cc2ccccc2cc1C(=O)NN=Cc1cc(C)n(-c2ccc(S(N)(=O)=O)cc2)c1C. The number of primary sulfonamides is 1. The minimum absolute atomic E-state index is 0.0485. The van der Waals surface area contributed by atoms with Crippen molar-refractivity contribution >= 4 is 32.9 Å². The fraction of sp³-hybridized carbons (Fsp3) is 0.120. The molecule has 0 saturated carbocycles. The normalized spacial score (nSPS) is 11.8. The number of carbonyl (C=O) groups is 1. The van der Waals surface area contributed by atoms with E-state index in [4.69, 9.17) is 9.88 Å². The second-order valence-electron chi connectivity index (χ2n) is 7.80. The standard InChI is InChI=1S/C25H24N4O4S/c1-16-12-20(17(2)29(16)21-8-10-22(11-9-21)34(26,31)32)15-27-28-25(30)23-13-18-6-4-5-7-19(18)14-24(23)33-3/h4-15H,1-3H3,(H,28,30)(H2,26,31,32). The van der Waals surface area contributed by atoms with Crippen molar-refractivity contribution in [3.8, 4) is 11.4 Å². The number of aryl methyl sites for hydroxylation is 1. The molecule has 0 unspecified atom stereocenters. The van der Waals surface area contributed by atoms with E-state index in [-0.39, 0.29) is 10.8 Å². The van der Waals surface area contributed by atoms with Crippen LogP contribution in [0.1, 0.15) is 27.3 Å². The van der Waals surface area contributed by atoms with Gasteiger partial charge in [-0.25, -0.2) is 19.0 Å². The molecule has 1 aromatic heterocycles. The number of ether oxygens (including phenoxy) is 1. The lowest BCUT2D eigenvalue weighted by Gasteiger charge is -2.10. The number of methoxy groups -OCH3 is 1. The highest BCUT2D eigenvalue weighted by Gasteiger charge is 2.14. The second-order valence-corrected chi connectivity index (χ2v) is 9.36. The predicted molar refractivity (Wildman–Crippen MR) is 132 cm³/mol. The Labute approximate surface area is 197 Å². The van der Waals surface area contributed by atoms with Crippen LogP contribution in [0.3, 0.4) is 0 Å². The zero-order valence-electron chi connectivity index (χ0n) is 18.9. The van der Waals surface area contributed by atoms with Crippen LogP contribution >= 0.6 is 0 Å². The van der Waals surface area contributed by atoms with Gasteiger partial charge in [0.15, 0.2) is 0 Å². The molecule has 4 aromatic rings. The highest BCUT2D eigenvalue weighted by Crippen LogP contribution is 2.26. The van der Waals surface area contributed by atoms with E-state index < -0.39 is 10.0 Å². The molecule has 8 nitrogen and oxygen atoms in total. The van der Waals surface area contributed by atoms with Crippen LogP contribution < -0.4 is 15.3 Å². The molecule has 0 saturated heterocycles. The third kappa shape index (κ3) is 4.57. The van der Waals surface area contributed by atoms with Gasteiger partial charge in [-0.3, -0.25) is 4.79 Å². The summed E-state index contributed by atoms with van der Waals surface area (Å²) in [5.74, 6) is 0.0822. The Kier molecular flexibility index (Phi) is 6.23. The lowest BCUT2D eigenvalue weighted by Crippen LogP contribution is -2.18. The van der Waals surface area contributed by atoms with Crippen molar-refractivity contribution in [2.75, 3.05) is 7.11 Å². The number of rotatable bonds is 6. The Morgan fingerprint density at radius 2 is 1.68 bits per heavy atom. The molecule has 0 aliphatic carbocycles. The first-order valence-corrected chi connectivity index (χ1v) is 12.0. The number of benzene rings is 3. The van der Waals surface area contributed by atoms with Crippen LogP contribution in [0.2, 0.25) is 0 Å². The van der Waals surface area contributed by atoms with Gasteiger partial charge in [-0.1, -0.05) is 24.3 Å². The van der Waals surface area contributed by atoms with E-state index in [0.29, 0.717) is 11.3 Å². The van der Waals surface area contributed by atoms with Gasteiger partial charge in [0.25, 0.3) is 5.91 Å². The van der Waals surface area contributed by atoms with E-state index in [1.807, 2.05) is 54.8 Å². The number of nitrogens with two attached hydrogens (primary N) is 1. The molecule has 1 amide bonds. The zero-order chi connectivity index (χ0) is 24.5. The Balaban J connectivity index is 1.56. The van der Waals surface area contributed by atoms with Gasteiger partial charge >= 0.3 is 0 Å². The van der Waals surface area contributed by atoms with Crippen molar-refractivity contribution in [3.05, 3.63) is 89.2 Å². The van der Waals surface area contributed by atoms with Crippen molar-refractivity contribution in [1.29, 1.82) is 0 Å². The third-order valence-corrected chi connectivity index (χ3v) is 6.51. The number of nitrogens with one attached hydrogen (secondary N) is 1. The summed E-state index contributed by atoms with van der Waals surface area (Å²) in [6, 6.07) is 19.6. The molecule has 0 spiro atoms. The number of hydrogen-bond acceptors (Lipinski definition) is 5. The number of hydrogen-bond donors (Lipinski definition) is 2. The molecule has 0 aliphatic rings. The fourth-order valence-corrected chi connectivity index (χ4v) is 4.40. The molecule has 0 bridgehead atoms. The molecule has 0 aliphatic heterocycles. The van der Waals surface area contributed by atoms with Gasteiger partial charge in [0.05, 0.1) is 23.8 Å². The van der Waals surface area contributed by atoms with Gasteiger partial charge in [0, 0.05) is 22.6 Å². The van der Waals surface area contributed by atoms with E-state index in [1.165, 1.54) is 19.2 Å². The van der Waals surface area contributed by atoms with E-state index >= 15 is 0 Å². The summed E-state index contributed by atoms with van der Waals surface area (Å²) < 4.78 is 30.4. The molecule has 3 N–H and O–H groups in total. The minimum atomic E-state index is -3.76. The summed E-state index contributed by atoms with van der Waals surface area (Å²) in [6.07, 6.45) is 1.57. The number of fused-ring (bicyclic) bond motifs is 1. The van der Waals surface area contributed by atoms with Crippen LogP contribution in [0, 0.1) is 13.8 Å². The van der Waals surface area contributed by atoms with Crippen LogP contribution in [0.25, 0.3) is 16.5 Å². The lowest BCUT2D eigenvalue weighted by molar-refractivity contribution is 0.0952. The van der Waals surface area contributed by atoms with Crippen LogP contribution in [0.15, 0.2) is 76.7 Å². The molecule has 9 heteroatoms. The van der Waals surface area contributed by atoms with Gasteiger partial charge in [0.1, 0.15) is 5.75 Å². The van der Waals surface area contributed by atoms with Crippen LogP contribution in [-0.2, 0) is 10.0 Å². The third-order valence-electron chi connectivity index (χ3n) is 5.58. The molecule has 3 aromatic carbocycles. The Hall–Kier alpha value is -3.95. The maximum atomic E-state index is 12.8. The topological polar surface area (TPSA) is 116 Å². The second kappa shape index (κ2) is 9.12. The van der Waals surface area contributed by atoms with Gasteiger partial charge in [0.2, 0.25) is 10.0 Å². The zero-order valence-corrected chi connectivity index (χ0v) is 19.8. The first-order chi connectivity index (χ1) is 16.2. The number of hydrazone groups is 1. The predicted octanol–water partition coefficient (Wildman–Crippen LogP) is 3.67. The number of nitrogens with zero attached hydrogens (tertiary/aromatic N) is 2. The monoisotopic (exact) mass is 476 g/mol. The van der Waals surface area contributed by atoms with Crippen molar-refractivity contribution in [1.82, 2.24) is 9.99 Å². The first-order valence-electron chi connectivity index (χ1n) is 10.4. The molecule has 0 radical (unpaired) electrons. The molecule has 0 atom stereocenters. The number of sulfonamides is 1. The highest BCUT2D eigenvalue weighted by molar-refractivity contribution is 7.89. The maximum Gasteiger partial charge on any atom is 0.275 e. The quantitative estimate of drug-likeness (QED) is 0.326. The summed E-state index contributed by atoms with van der Waals surface area (Å²) in [5, 5.41) is 11.2. The first kappa shape index (κ1) is 23.2. The Morgan fingerprint density at radius 1 is 1.03 bits per heavy atom. The minimum Gasteiger partial charge on any atom is -0.496 e. The largest absolute Gasteiger partial charge is 0.496 e. The van der Waals surface area contributed by atoms with Crippen LogP contribution in [0.4, 0.5) is 0 Å². The van der Waals surface area contributed by atoms with Crippen LogP contribution in [0.5, 0.6) is 5.75 Å². The van der Waals surface area contributed by atoms with Gasteiger partial charge in [-0.15, -0.1) is 0 Å². The maximum absolute atomic E-state index is 12.8. The van der Waals surface area contributed by atoms with Crippen molar-refractivity contribution in [2.24, 2.45) is 10.2 Å². The Morgan fingerprint density at radius 3 is 2.29 bits per heavy atom. The van der Waals surface area contributed by atoms with E-state index in [2.05, 4.69) is 10.5 Å². The van der Waals surface area contributed by atoms with Gasteiger partial charge in [-0.2, -0.15) is 5.10 Å². The molecular formula is C25H24N4O4S. The molecule has 1 heterocycles. The summed E-state index contributed by atoms with van der Waals surface area (Å²) in [6.45, 7) is 3.84. The lowest BCUT2D eigenvalue weighted by atomic mass is 10.1. The average molecular weight is 477 g/mol. The fourth-order valence-electron chi connectivity index (χ4n) is 3.89. The van der Waals surface area contributed by atoms with Crippen molar-refractivity contribution in [2.45, 2.75) is 18.7 Å². The molecule has 34 heavy (non-hydrogen) atoms. The summed E-state index contributed by atoms with van der Waals surface area (Å²) in [4.78, 5) is 12.8. The summed E-state index contributed by atoms with van der Waals surface area (Å²) in [5.41, 5.74) is 6.34. The number of carbonyl (C=O) groups excluding carboxylic acids is 1. The van der Waals surface area contributed by atoms with Gasteiger partial charge < -0.3 is 9.30 Å². The number of amides is 1. The molecular weight excluding hydrogens is 452 g/mol. The molecule has 0 fully saturated rings. The summed E-state index contributed by atoms with van der Waals surface area (Å²) >= 11 is 0. The van der Waals surface area contributed by atoms with E-state index in [1.54, 1.807) is 24.4 Å². The summed E-state index contributed by atoms with van der Waals surface area (Å²) in [7, 11) is -2.23. The van der Waals surface area contributed by atoms with E-state index in [0.717, 1.165) is 33.4 Å². The van der Waals surface area contributed by atoms with Crippen LogP contribution in [-0.4, -0.2) is 32.2 Å². The van der Waals surface area contributed by atoms with Crippen molar-refractivity contribution < 1.29 is 17.9 Å².